The zero-order valence-corrected chi connectivity index (χ0v) is 11.1. The predicted molar refractivity (Wildman–Crippen MR) is 67.5 cm³/mol. The summed E-state index contributed by atoms with van der Waals surface area (Å²) in [6.45, 7) is 4.94. The van der Waals surface area contributed by atoms with Crippen LogP contribution >= 0.6 is 0 Å². The molecule has 0 atom stereocenters. The largest absolute Gasteiger partial charge is 0.388 e. The topological polar surface area (TPSA) is 49.3 Å². The number of carbonyl (C=O) groups is 1. The summed E-state index contributed by atoms with van der Waals surface area (Å²) in [6.07, 6.45) is 6.94. The van der Waals surface area contributed by atoms with Crippen LogP contribution in [0, 0.1) is 11.3 Å². The molecule has 98 valence electrons. The molecule has 0 heterocycles. The van der Waals surface area contributed by atoms with E-state index in [4.69, 9.17) is 0 Å². The van der Waals surface area contributed by atoms with Crippen molar-refractivity contribution in [2.24, 2.45) is 11.3 Å². The van der Waals surface area contributed by atoms with Crippen LogP contribution in [0.25, 0.3) is 0 Å². The van der Waals surface area contributed by atoms with Gasteiger partial charge in [0.2, 0.25) is 5.91 Å². The Bertz CT molecular complexity index is 285. The Hall–Kier alpha value is -0.570. The summed E-state index contributed by atoms with van der Waals surface area (Å²) in [5, 5.41) is 13.3. The summed E-state index contributed by atoms with van der Waals surface area (Å²) in [7, 11) is 0. The molecule has 2 rings (SSSR count). The minimum absolute atomic E-state index is 0.148. The van der Waals surface area contributed by atoms with Crippen LogP contribution in [0.3, 0.4) is 0 Å². The molecule has 0 bridgehead atoms. The van der Waals surface area contributed by atoms with Crippen LogP contribution < -0.4 is 5.32 Å². The third-order valence-corrected chi connectivity index (χ3v) is 4.60. The maximum absolute atomic E-state index is 11.7. The molecule has 2 saturated carbocycles. The van der Waals surface area contributed by atoms with Gasteiger partial charge in [0.05, 0.1) is 5.60 Å². The van der Waals surface area contributed by atoms with Crippen LogP contribution in [0.4, 0.5) is 0 Å². The second kappa shape index (κ2) is 4.60. The molecule has 2 fully saturated rings. The fourth-order valence-electron chi connectivity index (χ4n) is 2.64. The fourth-order valence-corrected chi connectivity index (χ4v) is 2.64. The molecule has 0 saturated heterocycles. The van der Waals surface area contributed by atoms with E-state index in [1.807, 2.05) is 0 Å². The molecule has 17 heavy (non-hydrogen) atoms. The Labute approximate surface area is 104 Å². The highest BCUT2D eigenvalue weighted by Gasteiger charge is 2.37. The number of carbonyl (C=O) groups excluding carboxylic acids is 1. The van der Waals surface area contributed by atoms with Crippen molar-refractivity contribution >= 4 is 5.91 Å². The van der Waals surface area contributed by atoms with Gasteiger partial charge in [-0.15, -0.1) is 0 Å². The van der Waals surface area contributed by atoms with E-state index in [9.17, 15) is 9.90 Å². The van der Waals surface area contributed by atoms with E-state index in [0.717, 1.165) is 38.5 Å². The third kappa shape index (κ3) is 3.21. The average molecular weight is 239 g/mol. The first-order chi connectivity index (χ1) is 7.90. The minimum atomic E-state index is -0.658. The number of aliphatic hydroxyl groups is 1. The summed E-state index contributed by atoms with van der Waals surface area (Å²) in [4.78, 5) is 11.7. The van der Waals surface area contributed by atoms with Crippen LogP contribution in [0.15, 0.2) is 0 Å². The number of hydrogen-bond donors (Lipinski definition) is 2. The molecule has 0 aromatic rings. The third-order valence-electron chi connectivity index (χ3n) is 4.60. The van der Waals surface area contributed by atoms with Gasteiger partial charge < -0.3 is 10.4 Å². The van der Waals surface area contributed by atoms with Gasteiger partial charge in [0.1, 0.15) is 0 Å². The van der Waals surface area contributed by atoms with E-state index >= 15 is 0 Å². The van der Waals surface area contributed by atoms with Crippen LogP contribution in [0.2, 0.25) is 0 Å². The zero-order valence-electron chi connectivity index (χ0n) is 11.1. The molecular formula is C14H25NO2. The van der Waals surface area contributed by atoms with Crippen LogP contribution in [-0.2, 0) is 4.79 Å². The van der Waals surface area contributed by atoms with E-state index in [0.29, 0.717) is 12.0 Å². The van der Waals surface area contributed by atoms with E-state index in [1.54, 1.807) is 0 Å². The van der Waals surface area contributed by atoms with Crippen molar-refractivity contribution in [2.45, 2.75) is 64.4 Å². The zero-order chi connectivity index (χ0) is 12.5. The Balaban J connectivity index is 1.76. The standard InChI is InChI=1S/C14H25NO2/c1-13(2)6-8-14(17,9-7-13)10-15-12(16)11-4-3-5-11/h11,17H,3-10H2,1-2H3,(H,15,16). The van der Waals surface area contributed by atoms with Gasteiger partial charge in [-0.1, -0.05) is 20.3 Å². The lowest BCUT2D eigenvalue weighted by molar-refractivity contribution is -0.129. The summed E-state index contributed by atoms with van der Waals surface area (Å²) >= 11 is 0. The first-order valence-corrected chi connectivity index (χ1v) is 6.90. The van der Waals surface area contributed by atoms with Gasteiger partial charge >= 0.3 is 0 Å². The molecule has 3 nitrogen and oxygen atoms in total. The van der Waals surface area contributed by atoms with Crippen molar-refractivity contribution in [3.63, 3.8) is 0 Å². The lowest BCUT2D eigenvalue weighted by atomic mass is 9.71. The quantitative estimate of drug-likeness (QED) is 0.793. The van der Waals surface area contributed by atoms with Crippen LogP contribution in [0.5, 0.6) is 0 Å². The molecule has 2 aliphatic carbocycles. The van der Waals surface area contributed by atoms with Gasteiger partial charge in [-0.2, -0.15) is 0 Å². The second-order valence-corrected chi connectivity index (χ2v) is 6.73. The van der Waals surface area contributed by atoms with E-state index in [1.165, 1.54) is 6.42 Å². The summed E-state index contributed by atoms with van der Waals surface area (Å²) in [6, 6.07) is 0. The first-order valence-electron chi connectivity index (χ1n) is 6.90. The fraction of sp³-hybridized carbons (Fsp3) is 0.929. The molecule has 0 aromatic heterocycles. The lowest BCUT2D eigenvalue weighted by Crippen LogP contribution is -2.48. The molecule has 1 amide bonds. The first kappa shape index (κ1) is 12.9. The normalized spacial score (nSPS) is 27.2. The lowest BCUT2D eigenvalue weighted by Gasteiger charge is -2.40. The molecule has 0 spiro atoms. The molecule has 3 heteroatoms. The Morgan fingerprint density at radius 3 is 2.29 bits per heavy atom. The Kier molecular flexibility index (Phi) is 3.48. The number of amides is 1. The predicted octanol–water partition coefficient (Wildman–Crippen LogP) is 2.23. The van der Waals surface area contributed by atoms with Crippen molar-refractivity contribution in [1.29, 1.82) is 0 Å². The van der Waals surface area contributed by atoms with E-state index in [-0.39, 0.29) is 11.8 Å². The summed E-state index contributed by atoms with van der Waals surface area (Å²) < 4.78 is 0. The van der Waals surface area contributed by atoms with Gasteiger partial charge in [-0.25, -0.2) is 0 Å². The van der Waals surface area contributed by atoms with Crippen molar-refractivity contribution in [3.05, 3.63) is 0 Å². The second-order valence-electron chi connectivity index (χ2n) is 6.73. The van der Waals surface area contributed by atoms with Crippen molar-refractivity contribution in [2.75, 3.05) is 6.54 Å². The highest BCUT2D eigenvalue weighted by molar-refractivity contribution is 5.79. The molecule has 0 aromatic carbocycles. The Morgan fingerprint density at radius 1 is 1.24 bits per heavy atom. The molecule has 0 unspecified atom stereocenters. The highest BCUT2D eigenvalue weighted by Crippen LogP contribution is 2.39. The van der Waals surface area contributed by atoms with Crippen molar-refractivity contribution < 1.29 is 9.90 Å². The van der Waals surface area contributed by atoms with Crippen LogP contribution in [-0.4, -0.2) is 23.2 Å². The molecule has 2 N–H and O–H groups in total. The monoisotopic (exact) mass is 239 g/mol. The molecular weight excluding hydrogens is 214 g/mol. The molecule has 0 aliphatic heterocycles. The summed E-state index contributed by atoms with van der Waals surface area (Å²) in [5.74, 6) is 0.369. The van der Waals surface area contributed by atoms with Gasteiger partial charge in [0, 0.05) is 12.5 Å². The molecule has 2 aliphatic rings. The van der Waals surface area contributed by atoms with E-state index in [2.05, 4.69) is 19.2 Å². The maximum Gasteiger partial charge on any atom is 0.223 e. The van der Waals surface area contributed by atoms with Gasteiger partial charge in [-0.3, -0.25) is 4.79 Å². The minimum Gasteiger partial charge on any atom is -0.388 e. The van der Waals surface area contributed by atoms with Crippen molar-refractivity contribution in [3.8, 4) is 0 Å². The molecule has 0 radical (unpaired) electrons. The van der Waals surface area contributed by atoms with Crippen molar-refractivity contribution in [1.82, 2.24) is 5.32 Å². The van der Waals surface area contributed by atoms with Crippen LogP contribution in [0.1, 0.15) is 58.8 Å². The van der Waals surface area contributed by atoms with E-state index < -0.39 is 5.60 Å². The summed E-state index contributed by atoms with van der Waals surface area (Å²) in [5.41, 5.74) is -0.306. The number of rotatable bonds is 3. The number of hydrogen-bond acceptors (Lipinski definition) is 2. The highest BCUT2D eigenvalue weighted by atomic mass is 16.3. The van der Waals surface area contributed by atoms with Gasteiger partial charge in [-0.05, 0) is 43.9 Å². The Morgan fingerprint density at radius 2 is 1.82 bits per heavy atom. The smallest absolute Gasteiger partial charge is 0.223 e. The maximum atomic E-state index is 11.7. The van der Waals surface area contributed by atoms with Gasteiger partial charge in [0.15, 0.2) is 0 Å². The average Bonchev–Trinajstić information content (AvgIpc) is 2.18. The van der Waals surface area contributed by atoms with Gasteiger partial charge in [0.25, 0.3) is 0 Å². The SMILES string of the molecule is CC1(C)CCC(O)(CNC(=O)C2CCC2)CC1. The number of nitrogens with one attached hydrogen (secondary N) is 1.